The summed E-state index contributed by atoms with van der Waals surface area (Å²) in [5, 5.41) is 8.60. The van der Waals surface area contributed by atoms with Gasteiger partial charge in [0.2, 0.25) is 0 Å². The standard InChI is InChI=1S/C11H10FNO/c1-3-9-10(7(2)14)4-8(6-13)5-11(9)12/h4-5H,3H2,1-2H3. The van der Waals surface area contributed by atoms with Gasteiger partial charge in [-0.1, -0.05) is 6.92 Å². The van der Waals surface area contributed by atoms with E-state index in [0.29, 0.717) is 17.5 Å². The molecule has 0 radical (unpaired) electrons. The monoisotopic (exact) mass is 191 g/mol. The third-order valence-electron chi connectivity index (χ3n) is 2.06. The maximum atomic E-state index is 13.4. The molecule has 0 fully saturated rings. The largest absolute Gasteiger partial charge is 0.294 e. The lowest BCUT2D eigenvalue weighted by molar-refractivity contribution is 0.101. The third kappa shape index (κ3) is 1.80. The molecule has 0 aliphatic carbocycles. The average molecular weight is 191 g/mol. The molecule has 0 aliphatic heterocycles. The second-order valence-corrected chi connectivity index (χ2v) is 3.01. The molecule has 0 atom stereocenters. The van der Waals surface area contributed by atoms with E-state index in [4.69, 9.17) is 5.26 Å². The van der Waals surface area contributed by atoms with Gasteiger partial charge in [-0.05, 0) is 31.0 Å². The van der Waals surface area contributed by atoms with Crippen LogP contribution in [0.3, 0.4) is 0 Å². The van der Waals surface area contributed by atoms with Gasteiger partial charge >= 0.3 is 0 Å². The van der Waals surface area contributed by atoms with E-state index >= 15 is 0 Å². The van der Waals surface area contributed by atoms with E-state index in [1.165, 1.54) is 13.0 Å². The fourth-order valence-electron chi connectivity index (χ4n) is 1.37. The van der Waals surface area contributed by atoms with Crippen LogP contribution in [0.15, 0.2) is 12.1 Å². The van der Waals surface area contributed by atoms with Crippen molar-refractivity contribution in [1.29, 1.82) is 5.26 Å². The Labute approximate surface area is 82.0 Å². The number of hydrogen-bond donors (Lipinski definition) is 0. The highest BCUT2D eigenvalue weighted by molar-refractivity contribution is 5.96. The summed E-state index contributed by atoms with van der Waals surface area (Å²) in [7, 11) is 0. The molecule has 0 saturated carbocycles. The van der Waals surface area contributed by atoms with Crippen molar-refractivity contribution in [2.24, 2.45) is 0 Å². The van der Waals surface area contributed by atoms with Crippen LogP contribution in [0.5, 0.6) is 0 Å². The molecular formula is C11H10FNO. The summed E-state index contributed by atoms with van der Waals surface area (Å²) in [6, 6.07) is 4.41. The second-order valence-electron chi connectivity index (χ2n) is 3.01. The molecule has 1 aromatic carbocycles. The van der Waals surface area contributed by atoms with E-state index in [1.54, 1.807) is 6.92 Å². The Balaban J connectivity index is 3.45. The van der Waals surface area contributed by atoms with Gasteiger partial charge in [-0.2, -0.15) is 5.26 Å². The Hall–Kier alpha value is -1.69. The maximum Gasteiger partial charge on any atom is 0.160 e. The number of rotatable bonds is 2. The van der Waals surface area contributed by atoms with Crippen molar-refractivity contribution in [3.8, 4) is 6.07 Å². The lowest BCUT2D eigenvalue weighted by atomic mass is 9.99. The SMILES string of the molecule is CCc1c(F)cc(C#N)cc1C(C)=O. The van der Waals surface area contributed by atoms with Crippen molar-refractivity contribution < 1.29 is 9.18 Å². The van der Waals surface area contributed by atoms with Crippen molar-refractivity contribution in [1.82, 2.24) is 0 Å². The maximum absolute atomic E-state index is 13.4. The number of nitrogens with zero attached hydrogens (tertiary/aromatic N) is 1. The zero-order chi connectivity index (χ0) is 10.7. The quantitative estimate of drug-likeness (QED) is 0.674. The van der Waals surface area contributed by atoms with Gasteiger partial charge in [-0.15, -0.1) is 0 Å². The number of halogens is 1. The summed E-state index contributed by atoms with van der Waals surface area (Å²) in [4.78, 5) is 11.2. The lowest BCUT2D eigenvalue weighted by Crippen LogP contribution is -2.02. The van der Waals surface area contributed by atoms with Gasteiger partial charge < -0.3 is 0 Å². The first-order valence-corrected chi connectivity index (χ1v) is 4.33. The molecule has 0 bridgehead atoms. The van der Waals surface area contributed by atoms with Gasteiger partial charge in [-0.3, -0.25) is 4.79 Å². The summed E-state index contributed by atoms with van der Waals surface area (Å²) in [5.41, 5.74) is 0.880. The van der Waals surface area contributed by atoms with Crippen LogP contribution >= 0.6 is 0 Å². The highest BCUT2D eigenvalue weighted by atomic mass is 19.1. The Kier molecular flexibility index (Phi) is 2.98. The molecule has 14 heavy (non-hydrogen) atoms. The average Bonchev–Trinajstić information content (AvgIpc) is 2.16. The molecule has 0 aromatic heterocycles. The number of carbonyl (C=O) groups is 1. The predicted octanol–water partition coefficient (Wildman–Crippen LogP) is 2.46. The minimum absolute atomic E-state index is 0.185. The first-order chi connectivity index (χ1) is 6.60. The molecule has 0 heterocycles. The number of nitriles is 1. The van der Waals surface area contributed by atoms with Crippen LogP contribution in [-0.4, -0.2) is 5.78 Å². The highest BCUT2D eigenvalue weighted by Crippen LogP contribution is 2.17. The van der Waals surface area contributed by atoms with E-state index in [9.17, 15) is 9.18 Å². The zero-order valence-corrected chi connectivity index (χ0v) is 8.10. The first-order valence-electron chi connectivity index (χ1n) is 4.33. The molecule has 3 heteroatoms. The Morgan fingerprint density at radius 1 is 1.57 bits per heavy atom. The van der Waals surface area contributed by atoms with Gasteiger partial charge in [-0.25, -0.2) is 4.39 Å². The molecule has 1 rings (SSSR count). The van der Waals surface area contributed by atoms with Gasteiger partial charge in [0.05, 0.1) is 11.6 Å². The Morgan fingerprint density at radius 2 is 2.21 bits per heavy atom. The third-order valence-corrected chi connectivity index (χ3v) is 2.06. The van der Waals surface area contributed by atoms with Gasteiger partial charge in [0.1, 0.15) is 5.82 Å². The zero-order valence-electron chi connectivity index (χ0n) is 8.10. The summed E-state index contributed by atoms with van der Waals surface area (Å²) in [5.74, 6) is -0.686. The van der Waals surface area contributed by atoms with Gasteiger partial charge in [0.15, 0.2) is 5.78 Å². The van der Waals surface area contributed by atoms with E-state index in [2.05, 4.69) is 0 Å². The minimum Gasteiger partial charge on any atom is -0.294 e. The van der Waals surface area contributed by atoms with Crippen LogP contribution in [0.4, 0.5) is 4.39 Å². The van der Waals surface area contributed by atoms with E-state index in [1.807, 2.05) is 6.07 Å². The lowest BCUT2D eigenvalue weighted by Gasteiger charge is -2.06. The summed E-state index contributed by atoms with van der Waals surface area (Å²) < 4.78 is 13.4. The molecule has 0 amide bonds. The number of benzene rings is 1. The van der Waals surface area contributed by atoms with Crippen molar-refractivity contribution in [3.05, 3.63) is 34.6 Å². The first kappa shape index (κ1) is 10.4. The van der Waals surface area contributed by atoms with E-state index in [0.717, 1.165) is 6.07 Å². The van der Waals surface area contributed by atoms with Crippen LogP contribution in [0, 0.1) is 17.1 Å². The fraction of sp³-hybridized carbons (Fsp3) is 0.273. The number of carbonyl (C=O) groups excluding carboxylic acids is 1. The van der Waals surface area contributed by atoms with Crippen LogP contribution < -0.4 is 0 Å². The highest BCUT2D eigenvalue weighted by Gasteiger charge is 2.12. The van der Waals surface area contributed by atoms with Crippen molar-refractivity contribution in [3.63, 3.8) is 0 Å². The molecule has 1 aromatic rings. The van der Waals surface area contributed by atoms with Crippen molar-refractivity contribution in [2.45, 2.75) is 20.3 Å². The number of hydrogen-bond acceptors (Lipinski definition) is 2. The Bertz CT molecular complexity index is 418. The van der Waals surface area contributed by atoms with Crippen LogP contribution in [0.2, 0.25) is 0 Å². The van der Waals surface area contributed by atoms with Crippen molar-refractivity contribution in [2.75, 3.05) is 0 Å². The Morgan fingerprint density at radius 3 is 2.64 bits per heavy atom. The fourth-order valence-corrected chi connectivity index (χ4v) is 1.37. The van der Waals surface area contributed by atoms with E-state index in [-0.39, 0.29) is 11.3 Å². The summed E-state index contributed by atoms with van der Waals surface area (Å²) in [6.45, 7) is 3.14. The second kappa shape index (κ2) is 4.01. The van der Waals surface area contributed by atoms with Crippen LogP contribution in [0.1, 0.15) is 35.3 Å². The number of ketones is 1. The summed E-state index contributed by atoms with van der Waals surface area (Å²) >= 11 is 0. The molecular weight excluding hydrogens is 181 g/mol. The normalized spacial score (nSPS) is 9.57. The molecule has 2 nitrogen and oxygen atoms in total. The van der Waals surface area contributed by atoms with Crippen molar-refractivity contribution >= 4 is 5.78 Å². The number of Topliss-reactive ketones (excluding diaryl/α,β-unsaturated/α-hetero) is 1. The molecule has 0 saturated heterocycles. The minimum atomic E-state index is -0.475. The molecule has 72 valence electrons. The molecule has 0 N–H and O–H groups in total. The topological polar surface area (TPSA) is 40.9 Å². The van der Waals surface area contributed by atoms with Gasteiger partial charge in [0, 0.05) is 5.56 Å². The van der Waals surface area contributed by atoms with Gasteiger partial charge in [0.25, 0.3) is 0 Å². The smallest absolute Gasteiger partial charge is 0.160 e. The van der Waals surface area contributed by atoms with Crippen LogP contribution in [-0.2, 0) is 6.42 Å². The van der Waals surface area contributed by atoms with E-state index < -0.39 is 5.82 Å². The molecule has 0 aliphatic rings. The molecule has 0 spiro atoms. The van der Waals surface area contributed by atoms with Crippen LogP contribution in [0.25, 0.3) is 0 Å². The molecule has 0 unspecified atom stereocenters. The predicted molar refractivity (Wildman–Crippen MR) is 50.5 cm³/mol. The summed E-state index contributed by atoms with van der Waals surface area (Å²) in [6.07, 6.45) is 0.451.